The molecule has 0 aromatic heterocycles. The maximum absolute atomic E-state index is 11.3. The van der Waals surface area contributed by atoms with Crippen molar-refractivity contribution in [2.75, 3.05) is 13.2 Å². The Morgan fingerprint density at radius 1 is 1.29 bits per heavy atom. The monoisotopic (exact) mass is 292 g/mol. The first-order valence-corrected chi connectivity index (χ1v) is 7.66. The zero-order valence-electron chi connectivity index (χ0n) is 13.6. The molecule has 0 aliphatic heterocycles. The molecule has 1 amide bonds. The average Bonchev–Trinajstić information content (AvgIpc) is 2.47. The Balaban J connectivity index is 2.61. The van der Waals surface area contributed by atoms with Crippen molar-refractivity contribution in [3.63, 3.8) is 0 Å². The molecule has 1 aromatic carbocycles. The molecule has 0 fully saturated rings. The topological polar surface area (TPSA) is 64.3 Å². The van der Waals surface area contributed by atoms with Crippen LogP contribution in [0.2, 0.25) is 0 Å². The molecule has 0 aliphatic carbocycles. The number of benzene rings is 1. The fourth-order valence-electron chi connectivity index (χ4n) is 1.95. The van der Waals surface area contributed by atoms with Gasteiger partial charge in [0, 0.05) is 0 Å². The summed E-state index contributed by atoms with van der Waals surface area (Å²) in [6.07, 6.45) is 2.03. The van der Waals surface area contributed by atoms with Crippen LogP contribution in [0, 0.1) is 0 Å². The predicted molar refractivity (Wildman–Crippen MR) is 86.5 cm³/mol. The minimum absolute atomic E-state index is 0.164. The third kappa shape index (κ3) is 5.38. The standard InChI is InChI=1S/C17H28N2O2/c1-5-11-19-15(16(18)20)12-21-14-9-7-13(8-10-14)17(3,4)6-2/h7-10,15,19H,5-6,11-12H2,1-4H3,(H2,18,20). The van der Waals surface area contributed by atoms with E-state index in [1.807, 2.05) is 19.1 Å². The summed E-state index contributed by atoms with van der Waals surface area (Å²) in [5.41, 5.74) is 6.81. The number of hydrogen-bond acceptors (Lipinski definition) is 3. The molecule has 0 spiro atoms. The van der Waals surface area contributed by atoms with Crippen LogP contribution in [0.1, 0.15) is 46.1 Å². The van der Waals surface area contributed by atoms with Crippen LogP contribution in [0.3, 0.4) is 0 Å². The lowest BCUT2D eigenvalue weighted by molar-refractivity contribution is -0.120. The second-order valence-corrected chi connectivity index (χ2v) is 5.98. The van der Waals surface area contributed by atoms with Crippen LogP contribution >= 0.6 is 0 Å². The third-order valence-corrected chi connectivity index (χ3v) is 3.92. The first kappa shape index (κ1) is 17.5. The smallest absolute Gasteiger partial charge is 0.238 e. The van der Waals surface area contributed by atoms with Crippen molar-refractivity contribution in [1.29, 1.82) is 0 Å². The summed E-state index contributed by atoms with van der Waals surface area (Å²) < 4.78 is 5.66. The van der Waals surface area contributed by atoms with Crippen LogP contribution in [-0.4, -0.2) is 25.1 Å². The number of carbonyl (C=O) groups excluding carboxylic acids is 1. The Labute approximate surface area is 128 Å². The van der Waals surface area contributed by atoms with Crippen LogP contribution < -0.4 is 15.8 Å². The van der Waals surface area contributed by atoms with Gasteiger partial charge in [-0.05, 0) is 42.5 Å². The van der Waals surface area contributed by atoms with E-state index in [9.17, 15) is 4.79 Å². The first-order chi connectivity index (χ1) is 9.90. The summed E-state index contributed by atoms with van der Waals surface area (Å²) in [7, 11) is 0. The van der Waals surface area contributed by atoms with Gasteiger partial charge in [-0.15, -0.1) is 0 Å². The van der Waals surface area contributed by atoms with Crippen molar-refractivity contribution in [2.24, 2.45) is 5.73 Å². The average molecular weight is 292 g/mol. The molecule has 0 aliphatic rings. The maximum Gasteiger partial charge on any atom is 0.238 e. The van der Waals surface area contributed by atoms with Crippen LogP contribution in [0.15, 0.2) is 24.3 Å². The molecule has 0 bridgehead atoms. The molecular formula is C17H28N2O2. The highest BCUT2D eigenvalue weighted by Crippen LogP contribution is 2.27. The fourth-order valence-corrected chi connectivity index (χ4v) is 1.95. The molecule has 1 atom stereocenters. The summed E-state index contributed by atoms with van der Waals surface area (Å²) in [5.74, 6) is 0.377. The maximum atomic E-state index is 11.3. The summed E-state index contributed by atoms with van der Waals surface area (Å²) in [4.78, 5) is 11.3. The zero-order chi connectivity index (χ0) is 15.9. The van der Waals surface area contributed by atoms with E-state index in [4.69, 9.17) is 10.5 Å². The molecule has 118 valence electrons. The molecular weight excluding hydrogens is 264 g/mol. The van der Waals surface area contributed by atoms with Gasteiger partial charge in [0.25, 0.3) is 0 Å². The number of nitrogens with two attached hydrogens (primary N) is 1. The number of nitrogens with one attached hydrogen (secondary N) is 1. The Hall–Kier alpha value is -1.55. The lowest BCUT2D eigenvalue weighted by atomic mass is 9.82. The summed E-state index contributed by atoms with van der Waals surface area (Å²) in [5, 5.41) is 3.08. The van der Waals surface area contributed by atoms with Gasteiger partial charge in [-0.2, -0.15) is 0 Å². The second-order valence-electron chi connectivity index (χ2n) is 5.98. The Kier molecular flexibility index (Phi) is 6.69. The van der Waals surface area contributed by atoms with Crippen molar-refractivity contribution in [2.45, 2.75) is 52.0 Å². The van der Waals surface area contributed by atoms with E-state index < -0.39 is 6.04 Å². The number of amides is 1. The summed E-state index contributed by atoms with van der Waals surface area (Å²) >= 11 is 0. The lowest BCUT2D eigenvalue weighted by Crippen LogP contribution is -2.45. The Morgan fingerprint density at radius 3 is 2.38 bits per heavy atom. The van der Waals surface area contributed by atoms with E-state index in [1.165, 1.54) is 5.56 Å². The van der Waals surface area contributed by atoms with Gasteiger partial charge in [0.1, 0.15) is 18.4 Å². The summed E-state index contributed by atoms with van der Waals surface area (Å²) in [6, 6.07) is 7.61. The van der Waals surface area contributed by atoms with Crippen molar-refractivity contribution in [3.8, 4) is 5.75 Å². The Bertz CT molecular complexity index is 441. The van der Waals surface area contributed by atoms with E-state index in [2.05, 4.69) is 38.2 Å². The van der Waals surface area contributed by atoms with Gasteiger partial charge in [0.2, 0.25) is 5.91 Å². The lowest BCUT2D eigenvalue weighted by Gasteiger charge is -2.23. The first-order valence-electron chi connectivity index (χ1n) is 7.66. The van der Waals surface area contributed by atoms with Crippen molar-refractivity contribution in [1.82, 2.24) is 5.32 Å². The summed E-state index contributed by atoms with van der Waals surface area (Å²) in [6.45, 7) is 9.68. The second kappa shape index (κ2) is 8.03. The fraction of sp³-hybridized carbons (Fsp3) is 0.588. The largest absolute Gasteiger partial charge is 0.491 e. The minimum atomic E-state index is -0.447. The normalized spacial score (nSPS) is 13.0. The molecule has 1 unspecified atom stereocenters. The third-order valence-electron chi connectivity index (χ3n) is 3.92. The van der Waals surface area contributed by atoms with Crippen LogP contribution in [0.25, 0.3) is 0 Å². The van der Waals surface area contributed by atoms with Crippen LogP contribution in [0.5, 0.6) is 5.75 Å². The van der Waals surface area contributed by atoms with E-state index in [0.29, 0.717) is 0 Å². The van der Waals surface area contributed by atoms with E-state index in [-0.39, 0.29) is 17.9 Å². The SMILES string of the molecule is CCCNC(COc1ccc(C(C)(C)CC)cc1)C(N)=O. The molecule has 4 heteroatoms. The number of carbonyl (C=O) groups is 1. The molecule has 3 N–H and O–H groups in total. The predicted octanol–water partition coefficient (Wildman–Crippen LogP) is 2.61. The number of ether oxygens (including phenoxy) is 1. The van der Waals surface area contributed by atoms with Crippen molar-refractivity contribution < 1.29 is 9.53 Å². The highest BCUT2D eigenvalue weighted by molar-refractivity contribution is 5.80. The van der Waals surface area contributed by atoms with Gasteiger partial charge < -0.3 is 15.8 Å². The van der Waals surface area contributed by atoms with Crippen molar-refractivity contribution >= 4 is 5.91 Å². The molecule has 21 heavy (non-hydrogen) atoms. The number of hydrogen-bond donors (Lipinski definition) is 2. The van der Waals surface area contributed by atoms with Gasteiger partial charge >= 0.3 is 0 Å². The van der Waals surface area contributed by atoms with Crippen molar-refractivity contribution in [3.05, 3.63) is 29.8 Å². The quantitative estimate of drug-likeness (QED) is 0.735. The van der Waals surface area contributed by atoms with Gasteiger partial charge in [0.05, 0.1) is 0 Å². The van der Waals surface area contributed by atoms with E-state index >= 15 is 0 Å². The van der Waals surface area contributed by atoms with Crippen LogP contribution in [-0.2, 0) is 10.2 Å². The Morgan fingerprint density at radius 2 is 1.90 bits per heavy atom. The van der Waals surface area contributed by atoms with Gasteiger partial charge in [-0.25, -0.2) is 0 Å². The molecule has 1 rings (SSSR count). The molecule has 0 radical (unpaired) electrons. The van der Waals surface area contributed by atoms with Crippen LogP contribution in [0.4, 0.5) is 0 Å². The zero-order valence-corrected chi connectivity index (χ0v) is 13.6. The van der Waals surface area contributed by atoms with Gasteiger partial charge in [0.15, 0.2) is 0 Å². The highest BCUT2D eigenvalue weighted by atomic mass is 16.5. The number of rotatable bonds is 9. The number of primary amides is 1. The molecule has 0 saturated carbocycles. The molecule has 0 saturated heterocycles. The molecule has 0 heterocycles. The van der Waals surface area contributed by atoms with Gasteiger partial charge in [-0.3, -0.25) is 4.79 Å². The van der Waals surface area contributed by atoms with E-state index in [0.717, 1.165) is 25.1 Å². The molecule has 1 aromatic rings. The highest BCUT2D eigenvalue weighted by Gasteiger charge is 2.18. The van der Waals surface area contributed by atoms with E-state index in [1.54, 1.807) is 0 Å². The minimum Gasteiger partial charge on any atom is -0.491 e. The molecule has 4 nitrogen and oxygen atoms in total. The van der Waals surface area contributed by atoms with Gasteiger partial charge in [-0.1, -0.05) is 39.8 Å².